The first-order chi connectivity index (χ1) is 8.31. The fourth-order valence-electron chi connectivity index (χ4n) is 1.92. The molecule has 0 aromatic heterocycles. The summed E-state index contributed by atoms with van der Waals surface area (Å²) in [5.74, 6) is 0.310. The Morgan fingerprint density at radius 1 is 1.35 bits per heavy atom. The van der Waals surface area contributed by atoms with Crippen molar-refractivity contribution in [2.45, 2.75) is 20.3 Å². The smallest absolute Gasteiger partial charge is 0.0628 e. The van der Waals surface area contributed by atoms with Crippen molar-refractivity contribution in [1.29, 1.82) is 5.26 Å². The number of hydrogen-bond donors (Lipinski definition) is 0. The molecule has 0 bridgehead atoms. The minimum Gasteiger partial charge on any atom is -0.371 e. The first-order valence-electron chi connectivity index (χ1n) is 6.11. The summed E-state index contributed by atoms with van der Waals surface area (Å²) in [5.41, 5.74) is 1.22. The Bertz CT molecular complexity index is 376. The zero-order valence-electron chi connectivity index (χ0n) is 10.6. The molecule has 1 aromatic rings. The maximum Gasteiger partial charge on any atom is 0.0628 e. The highest BCUT2D eigenvalue weighted by Crippen LogP contribution is 2.16. The number of hydrogen-bond acceptors (Lipinski definition) is 2. The van der Waals surface area contributed by atoms with E-state index in [4.69, 9.17) is 5.26 Å². The maximum atomic E-state index is 8.82. The zero-order chi connectivity index (χ0) is 12.5. The van der Waals surface area contributed by atoms with Crippen LogP contribution in [0.3, 0.4) is 0 Å². The van der Waals surface area contributed by atoms with Crippen LogP contribution in [0.15, 0.2) is 42.5 Å². The van der Waals surface area contributed by atoms with Crippen molar-refractivity contribution in [2.75, 3.05) is 18.0 Å². The van der Waals surface area contributed by atoms with Gasteiger partial charge in [0.05, 0.1) is 6.07 Å². The molecule has 0 heterocycles. The second kappa shape index (κ2) is 7.51. The highest BCUT2D eigenvalue weighted by atomic mass is 15.1. The Morgan fingerprint density at radius 2 is 2.06 bits per heavy atom. The largest absolute Gasteiger partial charge is 0.371 e. The minimum atomic E-state index is 0.310. The Morgan fingerprint density at radius 3 is 2.59 bits per heavy atom. The van der Waals surface area contributed by atoms with E-state index in [9.17, 15) is 0 Å². The van der Waals surface area contributed by atoms with Gasteiger partial charge in [-0.25, -0.2) is 0 Å². The topological polar surface area (TPSA) is 27.0 Å². The molecule has 2 nitrogen and oxygen atoms in total. The summed E-state index contributed by atoms with van der Waals surface area (Å²) >= 11 is 0. The van der Waals surface area contributed by atoms with Crippen molar-refractivity contribution in [2.24, 2.45) is 5.92 Å². The summed E-state index contributed by atoms with van der Waals surface area (Å²) in [6, 6.07) is 12.6. The second-order valence-electron chi connectivity index (χ2n) is 4.02. The van der Waals surface area contributed by atoms with Gasteiger partial charge in [0, 0.05) is 31.1 Å². The monoisotopic (exact) mass is 228 g/mol. The molecule has 1 atom stereocenters. The van der Waals surface area contributed by atoms with E-state index in [1.165, 1.54) is 5.69 Å². The lowest BCUT2D eigenvalue weighted by Crippen LogP contribution is -2.28. The standard InChI is InChI=1S/C15H20N2/c1-3-8-14(11-12-16)13-17(4-2)15-9-6-5-7-10-15/h3,5-10,14H,4,11,13H2,1-2H3/b8-3-. The summed E-state index contributed by atoms with van der Waals surface area (Å²) in [6.45, 7) is 6.01. The molecule has 0 amide bonds. The van der Waals surface area contributed by atoms with Gasteiger partial charge < -0.3 is 4.90 Å². The van der Waals surface area contributed by atoms with E-state index in [1.54, 1.807) is 0 Å². The molecule has 0 aliphatic rings. The molecule has 1 aromatic carbocycles. The quantitative estimate of drug-likeness (QED) is 0.695. The van der Waals surface area contributed by atoms with E-state index in [-0.39, 0.29) is 0 Å². The third-order valence-electron chi connectivity index (χ3n) is 2.78. The number of rotatable bonds is 6. The van der Waals surface area contributed by atoms with Crippen LogP contribution >= 0.6 is 0 Å². The van der Waals surface area contributed by atoms with Gasteiger partial charge in [-0.3, -0.25) is 0 Å². The molecule has 0 saturated heterocycles. The van der Waals surface area contributed by atoms with Gasteiger partial charge in [-0.05, 0) is 26.0 Å². The Labute approximate surface area is 104 Å². The fourth-order valence-corrected chi connectivity index (χ4v) is 1.92. The Balaban J connectivity index is 2.72. The van der Waals surface area contributed by atoms with Crippen molar-refractivity contribution in [3.63, 3.8) is 0 Å². The summed E-state index contributed by atoms with van der Waals surface area (Å²) in [6.07, 6.45) is 4.73. The lowest BCUT2D eigenvalue weighted by atomic mass is 10.0. The van der Waals surface area contributed by atoms with E-state index in [2.05, 4.69) is 36.1 Å². The number of benzene rings is 1. The van der Waals surface area contributed by atoms with E-state index in [1.807, 2.05) is 31.2 Å². The van der Waals surface area contributed by atoms with Gasteiger partial charge >= 0.3 is 0 Å². The molecule has 2 heteroatoms. The van der Waals surface area contributed by atoms with Gasteiger partial charge in [0.2, 0.25) is 0 Å². The van der Waals surface area contributed by atoms with Crippen molar-refractivity contribution in [1.82, 2.24) is 0 Å². The van der Waals surface area contributed by atoms with Crippen LogP contribution in [0.2, 0.25) is 0 Å². The van der Waals surface area contributed by atoms with Crippen LogP contribution in [0, 0.1) is 17.2 Å². The predicted octanol–water partition coefficient (Wildman–Crippen LogP) is 3.62. The lowest BCUT2D eigenvalue weighted by Gasteiger charge is -2.26. The minimum absolute atomic E-state index is 0.310. The molecule has 0 aliphatic heterocycles. The molecular formula is C15H20N2. The van der Waals surface area contributed by atoms with Gasteiger partial charge in [0.1, 0.15) is 0 Å². The molecule has 1 rings (SSSR count). The van der Waals surface area contributed by atoms with Gasteiger partial charge in [0.25, 0.3) is 0 Å². The van der Waals surface area contributed by atoms with Gasteiger partial charge in [-0.15, -0.1) is 0 Å². The van der Waals surface area contributed by atoms with Gasteiger partial charge in [-0.2, -0.15) is 5.26 Å². The van der Waals surface area contributed by atoms with Crippen LogP contribution in [0.25, 0.3) is 0 Å². The maximum absolute atomic E-state index is 8.82. The zero-order valence-corrected chi connectivity index (χ0v) is 10.6. The molecule has 17 heavy (non-hydrogen) atoms. The number of nitrogens with zero attached hydrogens (tertiary/aromatic N) is 2. The molecule has 90 valence electrons. The Hall–Kier alpha value is -1.75. The summed E-state index contributed by atoms with van der Waals surface area (Å²) < 4.78 is 0. The normalized spacial score (nSPS) is 12.3. The average molecular weight is 228 g/mol. The Kier molecular flexibility index (Phi) is 5.88. The van der Waals surface area contributed by atoms with E-state index in [0.717, 1.165) is 13.1 Å². The van der Waals surface area contributed by atoms with Crippen LogP contribution in [-0.4, -0.2) is 13.1 Å². The second-order valence-corrected chi connectivity index (χ2v) is 4.02. The fraction of sp³-hybridized carbons (Fsp3) is 0.400. The van der Waals surface area contributed by atoms with E-state index < -0.39 is 0 Å². The third kappa shape index (κ3) is 4.32. The van der Waals surface area contributed by atoms with Crippen LogP contribution < -0.4 is 4.90 Å². The molecular weight excluding hydrogens is 208 g/mol. The first-order valence-corrected chi connectivity index (χ1v) is 6.11. The predicted molar refractivity (Wildman–Crippen MR) is 72.9 cm³/mol. The summed E-state index contributed by atoms with van der Waals surface area (Å²) in [7, 11) is 0. The molecule has 0 fully saturated rings. The van der Waals surface area contributed by atoms with Crippen molar-refractivity contribution in [3.05, 3.63) is 42.5 Å². The molecule has 0 saturated carbocycles. The molecule has 0 N–H and O–H groups in total. The SMILES string of the molecule is C/C=C\C(CC#N)CN(CC)c1ccccc1. The van der Waals surface area contributed by atoms with Crippen LogP contribution in [0.4, 0.5) is 5.69 Å². The average Bonchev–Trinajstić information content (AvgIpc) is 2.37. The number of allylic oxidation sites excluding steroid dienone is 1. The van der Waals surface area contributed by atoms with Gasteiger partial charge in [-0.1, -0.05) is 30.4 Å². The molecule has 1 unspecified atom stereocenters. The van der Waals surface area contributed by atoms with Gasteiger partial charge in [0.15, 0.2) is 0 Å². The first kappa shape index (κ1) is 13.3. The highest BCUT2D eigenvalue weighted by molar-refractivity contribution is 5.45. The number of para-hydroxylation sites is 1. The molecule has 0 radical (unpaired) electrons. The lowest BCUT2D eigenvalue weighted by molar-refractivity contribution is 0.633. The van der Waals surface area contributed by atoms with E-state index in [0.29, 0.717) is 12.3 Å². The van der Waals surface area contributed by atoms with Crippen molar-refractivity contribution >= 4 is 5.69 Å². The van der Waals surface area contributed by atoms with Crippen LogP contribution in [0.1, 0.15) is 20.3 Å². The van der Waals surface area contributed by atoms with Crippen LogP contribution in [-0.2, 0) is 0 Å². The summed E-state index contributed by atoms with van der Waals surface area (Å²) in [4.78, 5) is 2.31. The van der Waals surface area contributed by atoms with E-state index >= 15 is 0 Å². The molecule has 0 spiro atoms. The molecule has 0 aliphatic carbocycles. The van der Waals surface area contributed by atoms with Crippen molar-refractivity contribution in [3.8, 4) is 6.07 Å². The highest BCUT2D eigenvalue weighted by Gasteiger charge is 2.10. The number of nitriles is 1. The number of anilines is 1. The van der Waals surface area contributed by atoms with Crippen molar-refractivity contribution < 1.29 is 0 Å². The van der Waals surface area contributed by atoms with Crippen LogP contribution in [0.5, 0.6) is 0 Å². The summed E-state index contributed by atoms with van der Waals surface area (Å²) in [5, 5.41) is 8.82. The third-order valence-corrected chi connectivity index (χ3v) is 2.78.